The lowest BCUT2D eigenvalue weighted by Crippen LogP contribution is -2.13. The molecule has 1 N–H and O–H groups in total. The van der Waals surface area contributed by atoms with Gasteiger partial charge in [0.15, 0.2) is 0 Å². The first-order chi connectivity index (χ1) is 7.07. The molecule has 1 saturated carbocycles. The third-order valence-electron chi connectivity index (χ3n) is 2.37. The van der Waals surface area contributed by atoms with Gasteiger partial charge in [-0.25, -0.2) is 4.98 Å². The molecule has 0 spiro atoms. The number of rotatable bonds is 3. The molecule has 0 aliphatic heterocycles. The maximum absolute atomic E-state index is 12.5. The second-order valence-corrected chi connectivity index (χ2v) is 3.72. The number of hydrogen-bond donors (Lipinski definition) is 1. The zero-order chi connectivity index (χ0) is 10.9. The molecule has 0 aromatic carbocycles. The first-order valence-electron chi connectivity index (χ1n) is 4.83. The summed E-state index contributed by atoms with van der Waals surface area (Å²) in [5, 5.41) is 2.75. The van der Waals surface area contributed by atoms with Crippen molar-refractivity contribution in [2.24, 2.45) is 5.92 Å². The van der Waals surface area contributed by atoms with E-state index in [-0.39, 0.29) is 5.82 Å². The van der Waals surface area contributed by atoms with Crippen LogP contribution in [0, 0.1) is 5.92 Å². The standard InChI is InChI=1S/C10H11F3N2/c11-10(12,13)8-2-1-5-14-9(8)15-6-7-3-4-7/h1-2,5,7H,3-4,6H2,(H,14,15). The van der Waals surface area contributed by atoms with Gasteiger partial charge in [0.05, 0.1) is 5.56 Å². The van der Waals surface area contributed by atoms with Crippen LogP contribution in [-0.2, 0) is 6.18 Å². The summed E-state index contributed by atoms with van der Waals surface area (Å²) in [6.07, 6.45) is -0.771. The topological polar surface area (TPSA) is 24.9 Å². The van der Waals surface area contributed by atoms with Crippen molar-refractivity contribution in [2.45, 2.75) is 19.0 Å². The molecule has 82 valence electrons. The summed E-state index contributed by atoms with van der Waals surface area (Å²) < 4.78 is 37.5. The summed E-state index contributed by atoms with van der Waals surface area (Å²) in [6, 6.07) is 2.34. The van der Waals surface area contributed by atoms with E-state index in [0.717, 1.165) is 18.9 Å². The molecule has 0 unspecified atom stereocenters. The number of pyridine rings is 1. The first-order valence-corrected chi connectivity index (χ1v) is 4.83. The molecule has 1 aromatic heterocycles. The van der Waals surface area contributed by atoms with Crippen LogP contribution in [0.1, 0.15) is 18.4 Å². The van der Waals surface area contributed by atoms with Crippen molar-refractivity contribution in [3.63, 3.8) is 0 Å². The molecule has 2 rings (SSSR count). The molecule has 1 aliphatic carbocycles. The number of nitrogens with zero attached hydrogens (tertiary/aromatic N) is 1. The minimum absolute atomic E-state index is 0.0584. The Morgan fingerprint density at radius 3 is 2.73 bits per heavy atom. The first kappa shape index (κ1) is 10.3. The highest BCUT2D eigenvalue weighted by molar-refractivity contribution is 5.45. The van der Waals surface area contributed by atoms with Crippen molar-refractivity contribution in [2.75, 3.05) is 11.9 Å². The van der Waals surface area contributed by atoms with E-state index in [9.17, 15) is 13.2 Å². The minimum Gasteiger partial charge on any atom is -0.369 e. The molecular weight excluding hydrogens is 205 g/mol. The lowest BCUT2D eigenvalue weighted by Gasteiger charge is -2.12. The van der Waals surface area contributed by atoms with Crippen LogP contribution in [0.3, 0.4) is 0 Å². The summed E-state index contributed by atoms with van der Waals surface area (Å²) in [6.45, 7) is 0.583. The number of aromatic nitrogens is 1. The van der Waals surface area contributed by atoms with Crippen molar-refractivity contribution in [1.82, 2.24) is 4.98 Å². The van der Waals surface area contributed by atoms with E-state index in [4.69, 9.17) is 0 Å². The molecular formula is C10H11F3N2. The third-order valence-corrected chi connectivity index (χ3v) is 2.37. The zero-order valence-corrected chi connectivity index (χ0v) is 8.01. The van der Waals surface area contributed by atoms with Crippen LogP contribution in [0.25, 0.3) is 0 Å². The smallest absolute Gasteiger partial charge is 0.369 e. The second kappa shape index (κ2) is 3.72. The monoisotopic (exact) mass is 216 g/mol. The normalized spacial score (nSPS) is 16.5. The van der Waals surface area contributed by atoms with E-state index in [0.29, 0.717) is 12.5 Å². The highest BCUT2D eigenvalue weighted by Crippen LogP contribution is 2.34. The number of hydrogen-bond acceptors (Lipinski definition) is 2. The van der Waals surface area contributed by atoms with Gasteiger partial charge in [-0.3, -0.25) is 0 Å². The summed E-state index contributed by atoms with van der Waals surface area (Å²) in [5.41, 5.74) is -0.689. The van der Waals surface area contributed by atoms with Crippen molar-refractivity contribution < 1.29 is 13.2 Å². The summed E-state index contributed by atoms with van der Waals surface area (Å²) in [4.78, 5) is 3.71. The molecule has 1 heterocycles. The fourth-order valence-electron chi connectivity index (χ4n) is 1.34. The number of anilines is 1. The van der Waals surface area contributed by atoms with Crippen LogP contribution in [0.2, 0.25) is 0 Å². The van der Waals surface area contributed by atoms with E-state index in [1.165, 1.54) is 12.3 Å². The Balaban J connectivity index is 2.13. The summed E-state index contributed by atoms with van der Waals surface area (Å²) >= 11 is 0. The SMILES string of the molecule is FC(F)(F)c1cccnc1NCC1CC1. The molecule has 1 fully saturated rings. The third kappa shape index (κ3) is 2.61. The van der Waals surface area contributed by atoms with Crippen LogP contribution in [0.15, 0.2) is 18.3 Å². The maximum Gasteiger partial charge on any atom is 0.419 e. The molecule has 0 bridgehead atoms. The molecule has 0 atom stereocenters. The van der Waals surface area contributed by atoms with Gasteiger partial charge in [0, 0.05) is 12.7 Å². The molecule has 0 amide bonds. The van der Waals surface area contributed by atoms with Crippen molar-refractivity contribution in [1.29, 1.82) is 0 Å². The van der Waals surface area contributed by atoms with Crippen LogP contribution in [0.4, 0.5) is 19.0 Å². The lowest BCUT2D eigenvalue weighted by molar-refractivity contribution is -0.137. The van der Waals surface area contributed by atoms with E-state index in [1.54, 1.807) is 0 Å². The lowest BCUT2D eigenvalue weighted by atomic mass is 10.2. The van der Waals surface area contributed by atoms with Gasteiger partial charge in [-0.05, 0) is 30.9 Å². The fraction of sp³-hybridized carbons (Fsp3) is 0.500. The van der Waals surface area contributed by atoms with Gasteiger partial charge in [-0.15, -0.1) is 0 Å². The average Bonchev–Trinajstić information content (AvgIpc) is 2.97. The van der Waals surface area contributed by atoms with Gasteiger partial charge in [-0.2, -0.15) is 13.2 Å². The summed E-state index contributed by atoms with van der Waals surface area (Å²) in [7, 11) is 0. The zero-order valence-electron chi connectivity index (χ0n) is 8.01. The Hall–Kier alpha value is -1.26. The minimum atomic E-state index is -4.33. The number of nitrogens with one attached hydrogen (secondary N) is 1. The Labute approximate surface area is 85.5 Å². The highest BCUT2D eigenvalue weighted by atomic mass is 19.4. The predicted octanol–water partition coefficient (Wildman–Crippen LogP) is 2.92. The Bertz CT molecular complexity index is 345. The Kier molecular flexibility index (Phi) is 2.54. The summed E-state index contributed by atoms with van der Waals surface area (Å²) in [5.74, 6) is 0.463. The van der Waals surface area contributed by atoms with Gasteiger partial charge in [0.1, 0.15) is 5.82 Å². The largest absolute Gasteiger partial charge is 0.419 e. The van der Waals surface area contributed by atoms with Crippen LogP contribution in [-0.4, -0.2) is 11.5 Å². The van der Waals surface area contributed by atoms with Crippen molar-refractivity contribution in [3.05, 3.63) is 23.9 Å². The number of halogens is 3. The van der Waals surface area contributed by atoms with Crippen LogP contribution in [0.5, 0.6) is 0 Å². The van der Waals surface area contributed by atoms with Gasteiger partial charge < -0.3 is 5.32 Å². The van der Waals surface area contributed by atoms with Crippen LogP contribution < -0.4 is 5.32 Å². The van der Waals surface area contributed by atoms with E-state index >= 15 is 0 Å². The predicted molar refractivity (Wildman–Crippen MR) is 50.5 cm³/mol. The Morgan fingerprint density at radius 2 is 2.13 bits per heavy atom. The number of alkyl halides is 3. The molecule has 15 heavy (non-hydrogen) atoms. The quantitative estimate of drug-likeness (QED) is 0.840. The molecule has 1 aromatic rings. The van der Waals surface area contributed by atoms with E-state index in [1.807, 2.05) is 0 Å². The molecule has 0 radical (unpaired) electrons. The molecule has 5 heteroatoms. The van der Waals surface area contributed by atoms with Gasteiger partial charge in [0.25, 0.3) is 0 Å². The van der Waals surface area contributed by atoms with E-state index in [2.05, 4.69) is 10.3 Å². The maximum atomic E-state index is 12.5. The molecule has 1 aliphatic rings. The Morgan fingerprint density at radius 1 is 1.40 bits per heavy atom. The van der Waals surface area contributed by atoms with Crippen molar-refractivity contribution in [3.8, 4) is 0 Å². The van der Waals surface area contributed by atoms with Gasteiger partial charge >= 0.3 is 6.18 Å². The molecule has 0 saturated heterocycles. The molecule has 2 nitrogen and oxygen atoms in total. The second-order valence-electron chi connectivity index (χ2n) is 3.72. The van der Waals surface area contributed by atoms with Gasteiger partial charge in [-0.1, -0.05) is 0 Å². The van der Waals surface area contributed by atoms with Gasteiger partial charge in [0.2, 0.25) is 0 Å². The van der Waals surface area contributed by atoms with E-state index < -0.39 is 11.7 Å². The average molecular weight is 216 g/mol. The fourth-order valence-corrected chi connectivity index (χ4v) is 1.34. The van der Waals surface area contributed by atoms with Crippen LogP contribution >= 0.6 is 0 Å². The van der Waals surface area contributed by atoms with Crippen molar-refractivity contribution >= 4 is 5.82 Å². The highest BCUT2D eigenvalue weighted by Gasteiger charge is 2.34.